The second-order valence-corrected chi connectivity index (χ2v) is 8.47. The number of amides is 1. The summed E-state index contributed by atoms with van der Waals surface area (Å²) in [5, 5.41) is 22.9. The number of thioether (sulfide) groups is 1. The normalized spacial score (nSPS) is 10.8. The van der Waals surface area contributed by atoms with Crippen LogP contribution in [-0.2, 0) is 11.3 Å². The Morgan fingerprint density at radius 3 is 2.50 bits per heavy atom. The quantitative estimate of drug-likeness (QED) is 0.236. The Morgan fingerprint density at radius 2 is 1.91 bits per heavy atom. The van der Waals surface area contributed by atoms with Crippen molar-refractivity contribution < 1.29 is 14.5 Å². The third kappa shape index (κ3) is 5.26. The van der Waals surface area contributed by atoms with Gasteiger partial charge in [-0.3, -0.25) is 14.9 Å². The number of nitrogens with one attached hydrogen (secondary N) is 1. The number of benzene rings is 2. The molecule has 13 heteroatoms. The van der Waals surface area contributed by atoms with E-state index in [1.807, 2.05) is 11.5 Å². The number of non-ortho nitro benzene ring substituents is 1. The minimum Gasteiger partial charge on any atom is -0.496 e. The predicted molar refractivity (Wildman–Crippen MR) is 125 cm³/mol. The average molecular weight is 517 g/mol. The van der Waals surface area contributed by atoms with Gasteiger partial charge in [0.1, 0.15) is 5.75 Å². The molecule has 0 bridgehead atoms. The number of ether oxygens (including phenoxy) is 1. The van der Waals surface area contributed by atoms with E-state index in [1.54, 1.807) is 25.3 Å². The van der Waals surface area contributed by atoms with Crippen LogP contribution in [0, 0.1) is 10.1 Å². The Labute approximate surface area is 202 Å². The lowest BCUT2D eigenvalue weighted by atomic mass is 10.2. The standard InChI is InChI=1S/C19H16Cl3N5O4S/c1-3-26-18(12-6-10(20)4-5-15(12)31-2)24-25-19(26)32-9-16(28)23-17-13(21)7-11(27(29)30)8-14(17)22/h4-8H,3,9H2,1-2H3,(H,23,28). The minimum absolute atomic E-state index is 0.0194. The summed E-state index contributed by atoms with van der Waals surface area (Å²) in [7, 11) is 1.55. The van der Waals surface area contributed by atoms with Crippen LogP contribution in [-0.4, -0.2) is 38.5 Å². The molecule has 0 aliphatic heterocycles. The Kier molecular flexibility index (Phi) is 7.83. The highest BCUT2D eigenvalue weighted by molar-refractivity contribution is 7.99. The molecular weight excluding hydrogens is 501 g/mol. The first-order valence-corrected chi connectivity index (χ1v) is 11.2. The van der Waals surface area contributed by atoms with Crippen molar-refractivity contribution in [2.75, 3.05) is 18.2 Å². The molecule has 32 heavy (non-hydrogen) atoms. The first-order valence-electron chi connectivity index (χ1n) is 9.08. The summed E-state index contributed by atoms with van der Waals surface area (Å²) in [6.07, 6.45) is 0. The van der Waals surface area contributed by atoms with Crippen molar-refractivity contribution in [3.63, 3.8) is 0 Å². The summed E-state index contributed by atoms with van der Waals surface area (Å²) in [5.41, 5.74) is 0.508. The van der Waals surface area contributed by atoms with Gasteiger partial charge in [0.25, 0.3) is 5.69 Å². The molecule has 3 aromatic rings. The summed E-state index contributed by atoms with van der Waals surface area (Å²) in [4.78, 5) is 22.7. The van der Waals surface area contributed by atoms with Crippen LogP contribution < -0.4 is 10.1 Å². The van der Waals surface area contributed by atoms with E-state index in [2.05, 4.69) is 15.5 Å². The maximum absolute atomic E-state index is 12.5. The molecule has 1 aromatic heterocycles. The molecule has 0 aliphatic carbocycles. The van der Waals surface area contributed by atoms with Crippen LogP contribution in [0.2, 0.25) is 15.1 Å². The number of anilines is 1. The number of rotatable bonds is 8. The Morgan fingerprint density at radius 1 is 1.22 bits per heavy atom. The second kappa shape index (κ2) is 10.4. The average Bonchev–Trinajstić information content (AvgIpc) is 3.17. The van der Waals surface area contributed by atoms with Crippen LogP contribution in [0.25, 0.3) is 11.4 Å². The number of hydrogen-bond donors (Lipinski definition) is 1. The zero-order valence-electron chi connectivity index (χ0n) is 16.8. The monoisotopic (exact) mass is 515 g/mol. The third-order valence-corrected chi connectivity index (χ3v) is 6.07. The highest BCUT2D eigenvalue weighted by Crippen LogP contribution is 2.36. The van der Waals surface area contributed by atoms with Gasteiger partial charge in [-0.2, -0.15) is 0 Å². The molecule has 9 nitrogen and oxygen atoms in total. The van der Waals surface area contributed by atoms with Crippen molar-refractivity contribution in [1.29, 1.82) is 0 Å². The summed E-state index contributed by atoms with van der Waals surface area (Å²) in [6.45, 7) is 2.46. The van der Waals surface area contributed by atoms with Crippen LogP contribution in [0.5, 0.6) is 5.75 Å². The summed E-state index contributed by atoms with van der Waals surface area (Å²) >= 11 is 19.4. The van der Waals surface area contributed by atoms with E-state index in [1.165, 1.54) is 0 Å². The molecule has 0 saturated heterocycles. The van der Waals surface area contributed by atoms with E-state index in [0.29, 0.717) is 33.9 Å². The van der Waals surface area contributed by atoms with Crippen LogP contribution in [0.1, 0.15) is 6.92 Å². The zero-order chi connectivity index (χ0) is 23.4. The van der Waals surface area contributed by atoms with Gasteiger partial charge in [0, 0.05) is 23.7 Å². The van der Waals surface area contributed by atoms with Gasteiger partial charge >= 0.3 is 0 Å². The van der Waals surface area contributed by atoms with Crippen LogP contribution in [0.15, 0.2) is 35.5 Å². The highest BCUT2D eigenvalue weighted by Gasteiger charge is 2.20. The van der Waals surface area contributed by atoms with Gasteiger partial charge in [0.15, 0.2) is 11.0 Å². The number of carbonyl (C=O) groups is 1. The number of halogens is 3. The van der Waals surface area contributed by atoms with Crippen molar-refractivity contribution in [3.8, 4) is 17.1 Å². The number of carbonyl (C=O) groups excluding carboxylic acids is 1. The smallest absolute Gasteiger partial charge is 0.272 e. The fourth-order valence-corrected chi connectivity index (χ4v) is 4.37. The fourth-order valence-electron chi connectivity index (χ4n) is 2.82. The number of nitro benzene ring substituents is 1. The Balaban J connectivity index is 1.77. The van der Waals surface area contributed by atoms with Gasteiger partial charge in [-0.1, -0.05) is 46.6 Å². The Hall–Kier alpha value is -2.53. The number of hydrogen-bond acceptors (Lipinski definition) is 7. The topological polar surface area (TPSA) is 112 Å². The van der Waals surface area contributed by atoms with Gasteiger partial charge < -0.3 is 14.6 Å². The predicted octanol–water partition coefficient (Wildman–Crippen LogP) is 5.57. The lowest BCUT2D eigenvalue weighted by molar-refractivity contribution is -0.384. The number of nitro groups is 1. The van der Waals surface area contributed by atoms with E-state index in [0.717, 1.165) is 23.9 Å². The van der Waals surface area contributed by atoms with E-state index in [9.17, 15) is 14.9 Å². The third-order valence-electron chi connectivity index (χ3n) is 4.27. The van der Waals surface area contributed by atoms with Gasteiger partial charge in [-0.15, -0.1) is 10.2 Å². The van der Waals surface area contributed by atoms with Crippen LogP contribution >= 0.6 is 46.6 Å². The van der Waals surface area contributed by atoms with Gasteiger partial charge in [0.05, 0.1) is 39.1 Å². The molecule has 1 amide bonds. The molecule has 1 heterocycles. The molecule has 0 radical (unpaired) electrons. The minimum atomic E-state index is -0.622. The number of methoxy groups -OCH3 is 1. The molecule has 1 N–H and O–H groups in total. The number of nitrogens with zero attached hydrogens (tertiary/aromatic N) is 4. The maximum Gasteiger partial charge on any atom is 0.272 e. The van der Waals surface area contributed by atoms with Crippen molar-refractivity contribution >= 4 is 63.8 Å². The Bertz CT molecular complexity index is 1160. The first kappa shape index (κ1) is 24.1. The zero-order valence-corrected chi connectivity index (χ0v) is 19.8. The van der Waals surface area contributed by atoms with Gasteiger partial charge in [-0.05, 0) is 25.1 Å². The van der Waals surface area contributed by atoms with Crippen molar-refractivity contribution in [1.82, 2.24) is 14.8 Å². The van der Waals surface area contributed by atoms with Crippen LogP contribution in [0.4, 0.5) is 11.4 Å². The molecule has 0 spiro atoms. The highest BCUT2D eigenvalue weighted by atomic mass is 35.5. The lowest BCUT2D eigenvalue weighted by Gasteiger charge is -2.11. The molecule has 2 aromatic carbocycles. The molecule has 168 valence electrons. The molecule has 0 aliphatic rings. The summed E-state index contributed by atoms with van der Waals surface area (Å²) in [5.74, 6) is 0.707. The van der Waals surface area contributed by atoms with E-state index < -0.39 is 10.8 Å². The molecule has 0 saturated carbocycles. The fraction of sp³-hybridized carbons (Fsp3) is 0.211. The number of aromatic nitrogens is 3. The first-order chi connectivity index (χ1) is 15.2. The van der Waals surface area contributed by atoms with Crippen molar-refractivity contribution in [3.05, 3.63) is 55.5 Å². The van der Waals surface area contributed by atoms with Crippen LogP contribution in [0.3, 0.4) is 0 Å². The van der Waals surface area contributed by atoms with Crippen molar-refractivity contribution in [2.24, 2.45) is 0 Å². The molecule has 0 fully saturated rings. The summed E-state index contributed by atoms with van der Waals surface area (Å²) < 4.78 is 7.23. The SMILES string of the molecule is CCn1c(SCC(=O)Nc2c(Cl)cc([N+](=O)[O-])cc2Cl)nnc1-c1cc(Cl)ccc1OC. The molecule has 0 atom stereocenters. The summed E-state index contributed by atoms with van der Waals surface area (Å²) in [6, 6.07) is 7.43. The molecular formula is C19H16Cl3N5O4S. The second-order valence-electron chi connectivity index (χ2n) is 6.27. The lowest BCUT2D eigenvalue weighted by Crippen LogP contribution is -2.15. The molecule has 0 unspecified atom stereocenters. The molecule has 3 rings (SSSR count). The van der Waals surface area contributed by atoms with E-state index in [4.69, 9.17) is 39.5 Å². The van der Waals surface area contributed by atoms with E-state index >= 15 is 0 Å². The van der Waals surface area contributed by atoms with E-state index in [-0.39, 0.29) is 27.2 Å². The van der Waals surface area contributed by atoms with Crippen molar-refractivity contribution in [2.45, 2.75) is 18.6 Å². The largest absolute Gasteiger partial charge is 0.496 e. The van der Waals surface area contributed by atoms with Gasteiger partial charge in [0.2, 0.25) is 5.91 Å². The van der Waals surface area contributed by atoms with Gasteiger partial charge in [-0.25, -0.2) is 0 Å². The maximum atomic E-state index is 12.5.